The predicted molar refractivity (Wildman–Crippen MR) is 81.7 cm³/mol. The highest BCUT2D eigenvalue weighted by Crippen LogP contribution is 2.19. The molecule has 0 aliphatic rings. The van der Waals surface area contributed by atoms with Crippen molar-refractivity contribution >= 4 is 11.5 Å². The van der Waals surface area contributed by atoms with Crippen molar-refractivity contribution in [2.75, 3.05) is 19.0 Å². The Morgan fingerprint density at radius 1 is 1.10 bits per heavy atom. The molecule has 0 aliphatic carbocycles. The molecule has 0 fully saturated rings. The monoisotopic (exact) mass is 269 g/mol. The highest BCUT2D eigenvalue weighted by Gasteiger charge is 2.11. The molecule has 0 heterocycles. The second-order valence-electron chi connectivity index (χ2n) is 4.78. The van der Waals surface area contributed by atoms with Crippen LogP contribution < -0.4 is 10.1 Å². The predicted octanol–water partition coefficient (Wildman–Crippen LogP) is 3.61. The van der Waals surface area contributed by atoms with E-state index in [2.05, 4.69) is 19.2 Å². The Hall–Kier alpha value is -2.29. The molecule has 2 aromatic rings. The number of benzene rings is 2. The van der Waals surface area contributed by atoms with Crippen molar-refractivity contribution in [2.24, 2.45) is 0 Å². The molecule has 3 nitrogen and oxygen atoms in total. The number of ether oxygens (including phenoxy) is 1. The Balaban J connectivity index is 2.06. The van der Waals surface area contributed by atoms with Gasteiger partial charge in [0.25, 0.3) is 0 Å². The molecule has 20 heavy (non-hydrogen) atoms. The van der Waals surface area contributed by atoms with E-state index in [1.807, 2.05) is 30.3 Å². The molecule has 0 atom stereocenters. The third kappa shape index (κ3) is 3.18. The normalized spacial score (nSPS) is 10.2. The zero-order chi connectivity index (χ0) is 14.5. The van der Waals surface area contributed by atoms with E-state index in [9.17, 15) is 4.79 Å². The molecule has 0 unspecified atom stereocenters. The largest absolute Gasteiger partial charge is 0.496 e. The number of methoxy groups -OCH3 is 1. The zero-order valence-electron chi connectivity index (χ0n) is 12.1. The molecule has 2 aromatic carbocycles. The van der Waals surface area contributed by atoms with Gasteiger partial charge in [0.05, 0.1) is 19.2 Å². The van der Waals surface area contributed by atoms with Gasteiger partial charge in [0, 0.05) is 5.69 Å². The molecule has 2 rings (SSSR count). The van der Waals surface area contributed by atoms with Gasteiger partial charge in [0.2, 0.25) is 0 Å². The minimum absolute atomic E-state index is 0.0145. The molecule has 3 heteroatoms. The van der Waals surface area contributed by atoms with E-state index >= 15 is 0 Å². The summed E-state index contributed by atoms with van der Waals surface area (Å²) in [4.78, 5) is 12.2. The molecule has 0 amide bonds. The van der Waals surface area contributed by atoms with Crippen molar-refractivity contribution in [2.45, 2.75) is 13.8 Å². The smallest absolute Gasteiger partial charge is 0.185 e. The van der Waals surface area contributed by atoms with Crippen molar-refractivity contribution in [3.63, 3.8) is 0 Å². The second kappa shape index (κ2) is 6.24. The summed E-state index contributed by atoms with van der Waals surface area (Å²) in [5.41, 5.74) is 4.01. The first-order valence-electron chi connectivity index (χ1n) is 6.59. The lowest BCUT2D eigenvalue weighted by Crippen LogP contribution is -2.15. The van der Waals surface area contributed by atoms with Crippen molar-refractivity contribution in [1.82, 2.24) is 0 Å². The van der Waals surface area contributed by atoms with Crippen LogP contribution in [0.15, 0.2) is 42.5 Å². The molecule has 0 saturated heterocycles. The van der Waals surface area contributed by atoms with Crippen molar-refractivity contribution in [3.05, 3.63) is 59.2 Å². The number of anilines is 1. The van der Waals surface area contributed by atoms with Gasteiger partial charge in [-0.2, -0.15) is 0 Å². The Morgan fingerprint density at radius 3 is 2.55 bits per heavy atom. The first kappa shape index (κ1) is 14.1. The highest BCUT2D eigenvalue weighted by molar-refractivity contribution is 6.01. The van der Waals surface area contributed by atoms with Crippen LogP contribution in [0.1, 0.15) is 21.5 Å². The van der Waals surface area contributed by atoms with E-state index in [1.54, 1.807) is 19.2 Å². The Kier molecular flexibility index (Phi) is 4.41. The number of carbonyl (C=O) groups excluding carboxylic acids is 1. The molecule has 0 bridgehead atoms. The highest BCUT2D eigenvalue weighted by atomic mass is 16.5. The van der Waals surface area contributed by atoms with Crippen molar-refractivity contribution in [3.8, 4) is 5.75 Å². The van der Waals surface area contributed by atoms with Gasteiger partial charge in [0.1, 0.15) is 5.75 Å². The SMILES string of the molecule is COc1ccccc1C(=O)CNc1ccc(C)c(C)c1. The second-order valence-corrected chi connectivity index (χ2v) is 4.78. The lowest BCUT2D eigenvalue weighted by molar-refractivity contribution is 0.100. The topological polar surface area (TPSA) is 38.3 Å². The summed E-state index contributed by atoms with van der Waals surface area (Å²) in [6, 6.07) is 13.3. The van der Waals surface area contributed by atoms with Crippen LogP contribution in [0.5, 0.6) is 5.75 Å². The number of rotatable bonds is 5. The maximum Gasteiger partial charge on any atom is 0.185 e. The molecule has 0 aromatic heterocycles. The van der Waals surface area contributed by atoms with E-state index in [0.29, 0.717) is 11.3 Å². The van der Waals surface area contributed by atoms with E-state index < -0.39 is 0 Å². The number of carbonyl (C=O) groups is 1. The molecule has 0 aliphatic heterocycles. The van der Waals surface area contributed by atoms with Crippen LogP contribution >= 0.6 is 0 Å². The number of aryl methyl sites for hydroxylation is 2. The van der Waals surface area contributed by atoms with Gasteiger partial charge < -0.3 is 10.1 Å². The van der Waals surface area contributed by atoms with E-state index in [-0.39, 0.29) is 12.3 Å². The van der Waals surface area contributed by atoms with Gasteiger partial charge in [0.15, 0.2) is 5.78 Å². The molecule has 1 N–H and O–H groups in total. The number of hydrogen-bond donors (Lipinski definition) is 1. The third-order valence-corrected chi connectivity index (χ3v) is 3.37. The summed E-state index contributed by atoms with van der Waals surface area (Å²) >= 11 is 0. The number of ketones is 1. The summed E-state index contributed by atoms with van der Waals surface area (Å²) in [6.45, 7) is 4.38. The first-order valence-corrected chi connectivity index (χ1v) is 6.59. The van der Waals surface area contributed by atoms with E-state index in [1.165, 1.54) is 11.1 Å². The van der Waals surface area contributed by atoms with Crippen LogP contribution in [0.4, 0.5) is 5.69 Å². The van der Waals surface area contributed by atoms with E-state index in [0.717, 1.165) is 5.69 Å². The standard InChI is InChI=1S/C17H19NO2/c1-12-8-9-14(10-13(12)2)18-11-16(19)15-6-4-5-7-17(15)20-3/h4-10,18H,11H2,1-3H3. The van der Waals surface area contributed by atoms with Gasteiger partial charge >= 0.3 is 0 Å². The van der Waals surface area contributed by atoms with Gasteiger partial charge in [-0.3, -0.25) is 4.79 Å². The molecule has 0 spiro atoms. The fourth-order valence-corrected chi connectivity index (χ4v) is 2.00. The third-order valence-electron chi connectivity index (χ3n) is 3.37. The van der Waals surface area contributed by atoms with Crippen LogP contribution in [0.2, 0.25) is 0 Å². The van der Waals surface area contributed by atoms with Crippen molar-refractivity contribution < 1.29 is 9.53 Å². The number of nitrogens with one attached hydrogen (secondary N) is 1. The van der Waals surface area contributed by atoms with Gasteiger partial charge in [-0.15, -0.1) is 0 Å². The number of para-hydroxylation sites is 1. The van der Waals surface area contributed by atoms with Gasteiger partial charge in [-0.1, -0.05) is 18.2 Å². The molecular formula is C17H19NO2. The van der Waals surface area contributed by atoms with Crippen LogP contribution in [-0.4, -0.2) is 19.4 Å². The Bertz CT molecular complexity index is 620. The quantitative estimate of drug-likeness (QED) is 0.843. The summed E-state index contributed by atoms with van der Waals surface area (Å²) < 4.78 is 5.20. The van der Waals surface area contributed by atoms with E-state index in [4.69, 9.17) is 4.74 Å². The average Bonchev–Trinajstić information content (AvgIpc) is 2.48. The molecule has 0 radical (unpaired) electrons. The summed E-state index contributed by atoms with van der Waals surface area (Å²) in [5, 5.41) is 3.16. The fraction of sp³-hybridized carbons (Fsp3) is 0.235. The zero-order valence-corrected chi connectivity index (χ0v) is 12.1. The lowest BCUT2D eigenvalue weighted by Gasteiger charge is -2.10. The maximum atomic E-state index is 12.2. The van der Waals surface area contributed by atoms with Gasteiger partial charge in [-0.05, 0) is 49.2 Å². The van der Waals surface area contributed by atoms with Crippen LogP contribution in [0, 0.1) is 13.8 Å². The number of Topliss-reactive ketones (excluding diaryl/α,β-unsaturated/α-hetero) is 1. The minimum Gasteiger partial charge on any atom is -0.496 e. The fourth-order valence-electron chi connectivity index (χ4n) is 2.00. The first-order chi connectivity index (χ1) is 9.61. The van der Waals surface area contributed by atoms with Crippen molar-refractivity contribution in [1.29, 1.82) is 0 Å². The number of hydrogen-bond acceptors (Lipinski definition) is 3. The lowest BCUT2D eigenvalue weighted by atomic mass is 10.1. The maximum absolute atomic E-state index is 12.2. The van der Waals surface area contributed by atoms with Crippen LogP contribution in [0.3, 0.4) is 0 Å². The van der Waals surface area contributed by atoms with Crippen LogP contribution in [-0.2, 0) is 0 Å². The summed E-state index contributed by atoms with van der Waals surface area (Å²) in [6.07, 6.45) is 0. The minimum atomic E-state index is 0.0145. The molecule has 0 saturated carbocycles. The Labute approximate surface area is 119 Å². The van der Waals surface area contributed by atoms with Gasteiger partial charge in [-0.25, -0.2) is 0 Å². The summed E-state index contributed by atoms with van der Waals surface area (Å²) in [7, 11) is 1.57. The average molecular weight is 269 g/mol. The summed E-state index contributed by atoms with van der Waals surface area (Å²) in [5.74, 6) is 0.625. The van der Waals surface area contributed by atoms with Crippen LogP contribution in [0.25, 0.3) is 0 Å². The molecular weight excluding hydrogens is 250 g/mol. The molecule has 104 valence electrons. The Morgan fingerprint density at radius 2 is 1.85 bits per heavy atom.